The van der Waals surface area contributed by atoms with Crippen molar-refractivity contribution < 1.29 is 33.6 Å². The SMILES string of the molecule is C=C(C)CO[C@H]1[C@H](C)OC(=O)C(NC(=O)c2nccc(OC)c2O)CCC[C@@H]1OCC(=C)C. The summed E-state index contributed by atoms with van der Waals surface area (Å²) < 4.78 is 22.7. The molecule has 9 nitrogen and oxygen atoms in total. The smallest absolute Gasteiger partial charge is 0.329 e. The van der Waals surface area contributed by atoms with Gasteiger partial charge in [0.25, 0.3) is 5.91 Å². The molecular formula is C24H34N2O7. The molecule has 0 saturated carbocycles. The van der Waals surface area contributed by atoms with Gasteiger partial charge in [-0.2, -0.15) is 0 Å². The Morgan fingerprint density at radius 2 is 1.91 bits per heavy atom. The van der Waals surface area contributed by atoms with Crippen LogP contribution in [0, 0.1) is 0 Å². The average molecular weight is 463 g/mol. The first-order valence-electron chi connectivity index (χ1n) is 10.9. The van der Waals surface area contributed by atoms with Crippen LogP contribution < -0.4 is 10.1 Å². The number of pyridine rings is 1. The Morgan fingerprint density at radius 1 is 1.24 bits per heavy atom. The lowest BCUT2D eigenvalue weighted by Gasteiger charge is -2.31. The van der Waals surface area contributed by atoms with E-state index in [1.807, 2.05) is 13.8 Å². The molecule has 1 aromatic heterocycles. The Bertz CT molecular complexity index is 870. The van der Waals surface area contributed by atoms with Crippen LogP contribution in [0.3, 0.4) is 0 Å². The molecule has 182 valence electrons. The zero-order valence-electron chi connectivity index (χ0n) is 19.8. The van der Waals surface area contributed by atoms with E-state index in [1.165, 1.54) is 19.4 Å². The molecule has 0 spiro atoms. The van der Waals surface area contributed by atoms with E-state index in [2.05, 4.69) is 23.5 Å². The molecule has 1 aliphatic heterocycles. The lowest BCUT2D eigenvalue weighted by molar-refractivity contribution is -0.165. The number of cyclic esters (lactones) is 1. The summed E-state index contributed by atoms with van der Waals surface area (Å²) in [5.41, 5.74) is 1.47. The number of nitrogens with zero attached hydrogens (tertiary/aromatic N) is 1. The van der Waals surface area contributed by atoms with Crippen molar-refractivity contribution in [3.05, 3.63) is 42.3 Å². The van der Waals surface area contributed by atoms with Gasteiger partial charge in [-0.15, -0.1) is 0 Å². The summed E-state index contributed by atoms with van der Waals surface area (Å²) in [6.45, 7) is 13.9. The highest BCUT2D eigenvalue weighted by Crippen LogP contribution is 2.28. The number of ether oxygens (including phenoxy) is 4. The molecule has 2 heterocycles. The van der Waals surface area contributed by atoms with Crippen molar-refractivity contribution in [3.63, 3.8) is 0 Å². The van der Waals surface area contributed by atoms with Gasteiger partial charge in [0, 0.05) is 12.3 Å². The number of methoxy groups -OCH3 is 1. The zero-order valence-corrected chi connectivity index (χ0v) is 19.8. The van der Waals surface area contributed by atoms with Crippen LogP contribution in [0.4, 0.5) is 0 Å². The van der Waals surface area contributed by atoms with Crippen LogP contribution in [-0.4, -0.2) is 66.6 Å². The molecule has 1 amide bonds. The molecule has 1 unspecified atom stereocenters. The van der Waals surface area contributed by atoms with Gasteiger partial charge in [-0.25, -0.2) is 9.78 Å². The van der Waals surface area contributed by atoms with Crippen LogP contribution in [0.25, 0.3) is 0 Å². The Balaban J connectivity index is 2.18. The van der Waals surface area contributed by atoms with E-state index in [-0.39, 0.29) is 17.5 Å². The summed E-state index contributed by atoms with van der Waals surface area (Å²) in [5.74, 6) is -1.59. The fourth-order valence-electron chi connectivity index (χ4n) is 3.47. The van der Waals surface area contributed by atoms with Gasteiger partial charge in [-0.3, -0.25) is 4.79 Å². The summed E-state index contributed by atoms with van der Waals surface area (Å²) >= 11 is 0. The van der Waals surface area contributed by atoms with Crippen molar-refractivity contribution in [2.45, 2.75) is 64.4 Å². The number of nitrogens with one attached hydrogen (secondary N) is 1. The predicted octanol–water partition coefficient (Wildman–Crippen LogP) is 2.93. The van der Waals surface area contributed by atoms with E-state index in [9.17, 15) is 14.7 Å². The summed E-state index contributed by atoms with van der Waals surface area (Å²) in [6, 6.07) is 0.507. The Labute approximate surface area is 194 Å². The maximum absolute atomic E-state index is 12.9. The number of hydrogen-bond acceptors (Lipinski definition) is 8. The number of hydrogen-bond donors (Lipinski definition) is 2. The minimum absolute atomic E-state index is 0.107. The number of esters is 1. The van der Waals surface area contributed by atoms with Gasteiger partial charge in [0.15, 0.2) is 17.2 Å². The van der Waals surface area contributed by atoms with E-state index >= 15 is 0 Å². The van der Waals surface area contributed by atoms with Crippen molar-refractivity contribution in [2.75, 3.05) is 20.3 Å². The van der Waals surface area contributed by atoms with E-state index in [4.69, 9.17) is 18.9 Å². The molecule has 1 aromatic rings. The minimum Gasteiger partial charge on any atom is -0.503 e. The molecule has 1 saturated heterocycles. The summed E-state index contributed by atoms with van der Waals surface area (Å²) in [5, 5.41) is 12.8. The molecule has 9 heteroatoms. The standard InChI is InChI=1S/C24H34N2O7/c1-14(2)12-31-19-9-7-8-17(24(29)33-16(5)22(19)32-13-15(3)4)26-23(28)20-21(27)18(30-6)10-11-25-20/h10-11,16-17,19,22,27H,1,3,7-9,12-13H2,2,4-6H3,(H,26,28)/t16-,17?,19-,22-/m0/s1. The molecule has 1 aliphatic rings. The molecular weight excluding hydrogens is 428 g/mol. The van der Waals surface area contributed by atoms with Gasteiger partial charge in [-0.1, -0.05) is 24.3 Å². The second-order valence-corrected chi connectivity index (χ2v) is 8.35. The van der Waals surface area contributed by atoms with Crippen LogP contribution in [0.2, 0.25) is 0 Å². The van der Waals surface area contributed by atoms with E-state index in [0.29, 0.717) is 32.5 Å². The highest BCUT2D eigenvalue weighted by atomic mass is 16.6. The monoisotopic (exact) mass is 462 g/mol. The molecule has 0 bridgehead atoms. The number of rotatable bonds is 9. The third kappa shape index (κ3) is 7.57. The largest absolute Gasteiger partial charge is 0.503 e. The number of aromatic nitrogens is 1. The number of carbonyl (C=O) groups is 2. The van der Waals surface area contributed by atoms with Crippen LogP contribution in [0.5, 0.6) is 11.5 Å². The zero-order chi connectivity index (χ0) is 24.5. The van der Waals surface area contributed by atoms with Gasteiger partial charge >= 0.3 is 5.97 Å². The molecule has 1 fully saturated rings. The van der Waals surface area contributed by atoms with E-state index in [1.54, 1.807) is 6.92 Å². The van der Waals surface area contributed by atoms with Gasteiger partial charge in [0.2, 0.25) is 0 Å². The first-order valence-corrected chi connectivity index (χ1v) is 10.9. The Morgan fingerprint density at radius 3 is 2.55 bits per heavy atom. The third-order valence-corrected chi connectivity index (χ3v) is 5.09. The van der Waals surface area contributed by atoms with Crippen molar-refractivity contribution in [3.8, 4) is 11.5 Å². The fourth-order valence-corrected chi connectivity index (χ4v) is 3.47. The molecule has 0 aliphatic carbocycles. The van der Waals surface area contributed by atoms with Crippen molar-refractivity contribution >= 4 is 11.9 Å². The maximum Gasteiger partial charge on any atom is 0.329 e. The van der Waals surface area contributed by atoms with E-state index in [0.717, 1.165) is 11.1 Å². The average Bonchev–Trinajstić information content (AvgIpc) is 2.80. The van der Waals surface area contributed by atoms with Gasteiger partial charge < -0.3 is 29.4 Å². The van der Waals surface area contributed by atoms with Crippen molar-refractivity contribution in [1.82, 2.24) is 10.3 Å². The first-order chi connectivity index (χ1) is 15.6. The van der Waals surface area contributed by atoms with Crippen LogP contribution >= 0.6 is 0 Å². The third-order valence-electron chi connectivity index (χ3n) is 5.09. The normalized spacial score (nSPS) is 23.5. The molecule has 33 heavy (non-hydrogen) atoms. The van der Waals surface area contributed by atoms with Gasteiger partial charge in [0.1, 0.15) is 18.2 Å². The molecule has 2 N–H and O–H groups in total. The van der Waals surface area contributed by atoms with Crippen molar-refractivity contribution in [2.24, 2.45) is 0 Å². The number of amides is 1. The first kappa shape index (κ1) is 26.3. The van der Waals surface area contributed by atoms with Crippen LogP contribution in [0.1, 0.15) is 50.5 Å². The Kier molecular flexibility index (Phi) is 9.87. The van der Waals surface area contributed by atoms with Gasteiger partial charge in [-0.05, 0) is 40.0 Å². The van der Waals surface area contributed by atoms with Crippen LogP contribution in [0.15, 0.2) is 36.6 Å². The molecule has 4 atom stereocenters. The summed E-state index contributed by atoms with van der Waals surface area (Å²) in [4.78, 5) is 29.5. The summed E-state index contributed by atoms with van der Waals surface area (Å²) in [6.07, 6.45) is 1.34. The number of carbonyl (C=O) groups excluding carboxylic acids is 2. The fraction of sp³-hybridized carbons (Fsp3) is 0.542. The lowest BCUT2D eigenvalue weighted by atomic mass is 10.0. The topological polar surface area (TPSA) is 116 Å². The number of aromatic hydroxyl groups is 1. The maximum atomic E-state index is 12.9. The minimum atomic E-state index is -0.922. The second-order valence-electron chi connectivity index (χ2n) is 8.35. The Hall–Kier alpha value is -2.91. The van der Waals surface area contributed by atoms with Gasteiger partial charge in [0.05, 0.1) is 26.4 Å². The lowest BCUT2D eigenvalue weighted by Crippen LogP contribution is -2.45. The van der Waals surface area contributed by atoms with E-state index < -0.39 is 35.9 Å². The predicted molar refractivity (Wildman–Crippen MR) is 122 cm³/mol. The molecule has 2 rings (SSSR count). The molecule has 0 aromatic carbocycles. The summed E-state index contributed by atoms with van der Waals surface area (Å²) in [7, 11) is 1.37. The second kappa shape index (κ2) is 12.4. The molecule has 0 radical (unpaired) electrons. The van der Waals surface area contributed by atoms with Crippen LogP contribution in [-0.2, 0) is 19.0 Å². The van der Waals surface area contributed by atoms with Crippen molar-refractivity contribution in [1.29, 1.82) is 0 Å². The quantitative estimate of drug-likeness (QED) is 0.425. The highest BCUT2D eigenvalue weighted by molar-refractivity contribution is 5.97. The highest BCUT2D eigenvalue weighted by Gasteiger charge is 2.36.